The van der Waals surface area contributed by atoms with E-state index in [1.54, 1.807) is 11.1 Å². The number of benzene rings is 3. The number of hydrazone groups is 1. The SMILES string of the molecule is Cc1ccc(/C=C(/C#N)C(=O)N2N=C3/C(=C/c4ccccc4)CCC[C@@H]3[C@H]2c2ccccc2)cc1. The van der Waals surface area contributed by atoms with Crippen LogP contribution in [0.25, 0.3) is 12.2 Å². The van der Waals surface area contributed by atoms with Crippen molar-refractivity contribution in [2.75, 3.05) is 0 Å². The molecule has 2 atom stereocenters. The highest BCUT2D eigenvalue weighted by atomic mass is 16.2. The molecule has 3 aromatic rings. The summed E-state index contributed by atoms with van der Waals surface area (Å²) in [7, 11) is 0. The van der Waals surface area contributed by atoms with Gasteiger partial charge in [-0.3, -0.25) is 4.79 Å². The number of nitrogens with zero attached hydrogens (tertiary/aromatic N) is 3. The topological polar surface area (TPSA) is 56.5 Å². The van der Waals surface area contributed by atoms with Gasteiger partial charge in [-0.1, -0.05) is 90.5 Å². The highest BCUT2D eigenvalue weighted by Gasteiger charge is 2.44. The van der Waals surface area contributed by atoms with Gasteiger partial charge in [0.25, 0.3) is 5.91 Å². The average Bonchev–Trinajstić information content (AvgIpc) is 3.30. The van der Waals surface area contributed by atoms with Gasteiger partial charge in [0.15, 0.2) is 0 Å². The monoisotopic (exact) mass is 457 g/mol. The van der Waals surface area contributed by atoms with Crippen LogP contribution in [0, 0.1) is 24.2 Å². The van der Waals surface area contributed by atoms with Crippen molar-refractivity contribution in [3.8, 4) is 6.07 Å². The second-order valence-electron chi connectivity index (χ2n) is 9.15. The Bertz CT molecular complexity index is 1350. The average molecular weight is 458 g/mol. The van der Waals surface area contributed by atoms with Gasteiger partial charge in [-0.2, -0.15) is 10.4 Å². The molecule has 1 heterocycles. The lowest BCUT2D eigenvalue weighted by molar-refractivity contribution is -0.129. The molecule has 4 nitrogen and oxygen atoms in total. The smallest absolute Gasteiger partial charge is 0.266 e. The number of carbonyl (C=O) groups excluding carboxylic acids is 1. The summed E-state index contributed by atoms with van der Waals surface area (Å²) in [6, 6.07) is 30.0. The molecular formula is C31H27N3O. The van der Waals surface area contributed by atoms with Crippen LogP contribution in [0.4, 0.5) is 0 Å². The number of amides is 1. The van der Waals surface area contributed by atoms with Crippen molar-refractivity contribution in [2.24, 2.45) is 11.0 Å². The van der Waals surface area contributed by atoms with Crippen LogP contribution < -0.4 is 0 Å². The maximum Gasteiger partial charge on any atom is 0.285 e. The highest BCUT2D eigenvalue weighted by molar-refractivity contribution is 6.10. The molecule has 1 saturated carbocycles. The number of hydrogen-bond donors (Lipinski definition) is 0. The number of rotatable bonds is 4. The zero-order chi connectivity index (χ0) is 24.2. The van der Waals surface area contributed by atoms with Crippen LogP contribution in [-0.2, 0) is 4.79 Å². The molecule has 172 valence electrons. The van der Waals surface area contributed by atoms with E-state index in [2.05, 4.69) is 24.3 Å². The van der Waals surface area contributed by atoms with Crippen molar-refractivity contribution in [1.29, 1.82) is 5.26 Å². The Labute approximate surface area is 206 Å². The summed E-state index contributed by atoms with van der Waals surface area (Å²) in [6.07, 6.45) is 6.77. The Hall–Kier alpha value is -4.23. The van der Waals surface area contributed by atoms with Gasteiger partial charge in [-0.25, -0.2) is 5.01 Å². The molecule has 0 N–H and O–H groups in total. The Balaban J connectivity index is 1.56. The molecule has 0 saturated heterocycles. The van der Waals surface area contributed by atoms with Gasteiger partial charge in [0, 0.05) is 5.92 Å². The van der Waals surface area contributed by atoms with Crippen molar-refractivity contribution in [2.45, 2.75) is 32.2 Å². The summed E-state index contributed by atoms with van der Waals surface area (Å²) in [6.45, 7) is 2.01. The van der Waals surface area contributed by atoms with E-state index >= 15 is 0 Å². The van der Waals surface area contributed by atoms with Gasteiger partial charge >= 0.3 is 0 Å². The van der Waals surface area contributed by atoms with Crippen LogP contribution >= 0.6 is 0 Å². The third kappa shape index (κ3) is 4.72. The zero-order valence-corrected chi connectivity index (χ0v) is 19.8. The Kier molecular flexibility index (Phi) is 6.41. The third-order valence-electron chi connectivity index (χ3n) is 6.73. The molecule has 1 aliphatic carbocycles. The summed E-state index contributed by atoms with van der Waals surface area (Å²) < 4.78 is 0. The Morgan fingerprint density at radius 3 is 2.34 bits per heavy atom. The first-order chi connectivity index (χ1) is 17.1. The second-order valence-corrected chi connectivity index (χ2v) is 9.15. The first-order valence-corrected chi connectivity index (χ1v) is 12.1. The first kappa shape index (κ1) is 22.6. The molecule has 0 spiro atoms. The predicted octanol–water partition coefficient (Wildman–Crippen LogP) is 6.73. The van der Waals surface area contributed by atoms with Crippen molar-refractivity contribution in [3.63, 3.8) is 0 Å². The number of carbonyl (C=O) groups is 1. The Morgan fingerprint density at radius 1 is 0.971 bits per heavy atom. The lowest BCUT2D eigenvalue weighted by atomic mass is 9.77. The van der Waals surface area contributed by atoms with Crippen LogP contribution in [0.15, 0.2) is 101 Å². The van der Waals surface area contributed by atoms with Gasteiger partial charge in [-0.05, 0) is 60.6 Å². The molecule has 0 bridgehead atoms. The zero-order valence-electron chi connectivity index (χ0n) is 19.8. The van der Waals surface area contributed by atoms with Crippen molar-refractivity contribution < 1.29 is 4.79 Å². The lowest BCUT2D eigenvalue weighted by Crippen LogP contribution is -2.32. The van der Waals surface area contributed by atoms with Crippen molar-refractivity contribution in [1.82, 2.24) is 5.01 Å². The number of aryl methyl sites for hydroxylation is 1. The molecule has 1 amide bonds. The van der Waals surface area contributed by atoms with Crippen molar-refractivity contribution in [3.05, 3.63) is 118 Å². The highest BCUT2D eigenvalue weighted by Crippen LogP contribution is 2.44. The molecule has 1 fully saturated rings. The molecule has 5 rings (SSSR count). The number of hydrogen-bond acceptors (Lipinski definition) is 3. The summed E-state index contributed by atoms with van der Waals surface area (Å²) in [5.74, 6) is -0.257. The molecule has 2 aliphatic rings. The molecule has 0 aromatic heterocycles. The maximum atomic E-state index is 13.7. The van der Waals surface area contributed by atoms with Gasteiger partial charge < -0.3 is 0 Å². The number of fused-ring (bicyclic) bond motifs is 1. The lowest BCUT2D eigenvalue weighted by Gasteiger charge is -2.29. The summed E-state index contributed by atoms with van der Waals surface area (Å²) in [5.41, 5.74) is 6.35. The molecule has 4 heteroatoms. The fraction of sp³-hybridized carbons (Fsp3) is 0.194. The second kappa shape index (κ2) is 9.95. The van der Waals surface area contributed by atoms with Gasteiger partial charge in [0.2, 0.25) is 0 Å². The van der Waals surface area contributed by atoms with E-state index < -0.39 is 0 Å². The fourth-order valence-electron chi connectivity index (χ4n) is 5.00. The van der Waals surface area contributed by atoms with E-state index in [1.165, 1.54) is 5.57 Å². The molecule has 0 unspecified atom stereocenters. The van der Waals surface area contributed by atoms with Crippen LogP contribution in [0.3, 0.4) is 0 Å². The summed E-state index contributed by atoms with van der Waals surface area (Å²) in [5, 5.41) is 16.4. The predicted molar refractivity (Wildman–Crippen MR) is 140 cm³/mol. The minimum absolute atomic E-state index is 0.0892. The van der Waals surface area contributed by atoms with Gasteiger partial charge in [0.1, 0.15) is 11.6 Å². The minimum Gasteiger partial charge on any atom is -0.266 e. The van der Waals surface area contributed by atoms with Crippen LogP contribution in [0.1, 0.15) is 47.6 Å². The van der Waals surface area contributed by atoms with Gasteiger partial charge in [0.05, 0.1) is 11.8 Å². The quantitative estimate of drug-likeness (QED) is 0.322. The third-order valence-corrected chi connectivity index (χ3v) is 6.73. The van der Waals surface area contributed by atoms with E-state index in [9.17, 15) is 10.1 Å². The molecule has 3 aromatic carbocycles. The maximum absolute atomic E-state index is 13.7. The van der Waals surface area contributed by atoms with E-state index in [-0.39, 0.29) is 23.4 Å². The normalized spacial score (nSPS) is 20.8. The molecule has 1 aliphatic heterocycles. The summed E-state index contributed by atoms with van der Waals surface area (Å²) >= 11 is 0. The molecular weight excluding hydrogens is 430 g/mol. The molecule has 35 heavy (non-hydrogen) atoms. The van der Waals surface area contributed by atoms with E-state index in [0.717, 1.165) is 47.2 Å². The molecule has 0 radical (unpaired) electrons. The number of nitriles is 1. The van der Waals surface area contributed by atoms with Crippen molar-refractivity contribution >= 4 is 23.8 Å². The first-order valence-electron chi connectivity index (χ1n) is 12.1. The minimum atomic E-state index is -0.358. The number of allylic oxidation sites excluding steroid dienone is 1. The summed E-state index contributed by atoms with van der Waals surface area (Å²) in [4.78, 5) is 13.7. The fourth-order valence-corrected chi connectivity index (χ4v) is 5.00. The van der Waals surface area contributed by atoms with Crippen LogP contribution in [0.2, 0.25) is 0 Å². The van der Waals surface area contributed by atoms with Crippen LogP contribution in [0.5, 0.6) is 0 Å². The Morgan fingerprint density at radius 2 is 1.66 bits per heavy atom. The van der Waals surface area contributed by atoms with E-state index in [4.69, 9.17) is 5.10 Å². The largest absolute Gasteiger partial charge is 0.285 e. The van der Waals surface area contributed by atoms with Gasteiger partial charge in [-0.15, -0.1) is 0 Å². The van der Waals surface area contributed by atoms with Crippen LogP contribution in [-0.4, -0.2) is 16.6 Å². The van der Waals surface area contributed by atoms with E-state index in [0.29, 0.717) is 0 Å². The van der Waals surface area contributed by atoms with E-state index in [1.807, 2.05) is 79.7 Å². The standard InChI is InChI=1S/C31H27N3O/c1-22-15-17-24(18-16-22)20-27(21-32)31(35)34-30(25-11-6-3-7-12-25)28-14-8-13-26(29(28)33-34)19-23-9-4-2-5-10-23/h2-7,9-12,15-20,28,30H,8,13-14H2,1H3/b26-19+,27-20-/t28-,30+/m0/s1.